The summed E-state index contributed by atoms with van der Waals surface area (Å²) in [6.07, 6.45) is 2.20. The molecule has 1 atom stereocenters. The summed E-state index contributed by atoms with van der Waals surface area (Å²) < 4.78 is 0. The summed E-state index contributed by atoms with van der Waals surface area (Å²) in [5.41, 5.74) is 0. The van der Waals surface area contributed by atoms with E-state index in [9.17, 15) is 9.59 Å². The van der Waals surface area contributed by atoms with Gasteiger partial charge in [-0.05, 0) is 18.3 Å². The first-order valence-electron chi connectivity index (χ1n) is 6.93. The number of aromatic amines is 1. The number of carbonyl (C=O) groups is 2. The molecule has 1 aromatic rings. The maximum absolute atomic E-state index is 12.0. The van der Waals surface area contributed by atoms with Crippen LogP contribution >= 0.6 is 0 Å². The highest BCUT2D eigenvalue weighted by atomic mass is 16.4. The Bertz CT molecular complexity index is 447. The third-order valence-corrected chi connectivity index (χ3v) is 3.01. The molecular formula is C13H23N5O3. The van der Waals surface area contributed by atoms with E-state index in [0.29, 0.717) is 24.8 Å². The summed E-state index contributed by atoms with van der Waals surface area (Å²) in [6.45, 7) is 4.74. The van der Waals surface area contributed by atoms with Gasteiger partial charge in [-0.15, -0.1) is 0 Å². The number of rotatable bonds is 8. The number of aromatic nitrogens is 3. The van der Waals surface area contributed by atoms with Crippen molar-refractivity contribution in [2.75, 3.05) is 13.6 Å². The van der Waals surface area contributed by atoms with E-state index in [0.717, 1.165) is 6.42 Å². The van der Waals surface area contributed by atoms with E-state index in [-0.39, 0.29) is 18.4 Å². The van der Waals surface area contributed by atoms with Gasteiger partial charge in [0, 0.05) is 20.0 Å². The van der Waals surface area contributed by atoms with Crippen molar-refractivity contribution < 1.29 is 14.7 Å². The van der Waals surface area contributed by atoms with E-state index < -0.39 is 5.97 Å². The Hall–Kier alpha value is -2.12. The molecule has 0 spiro atoms. The van der Waals surface area contributed by atoms with Gasteiger partial charge in [-0.1, -0.05) is 13.8 Å². The summed E-state index contributed by atoms with van der Waals surface area (Å²) in [5.74, 6) is 0.0742. The standard InChI is InChI=1S/C13H23N5O3/c1-9(2)4-10(5-12(19)20)6-14-13(21)18(3)7-11-15-8-16-17-11/h8-10H,4-7H2,1-3H3,(H,14,21)(H,19,20)(H,15,16,17). The molecule has 0 aromatic carbocycles. The van der Waals surface area contributed by atoms with Crippen LogP contribution in [-0.2, 0) is 11.3 Å². The highest BCUT2D eigenvalue weighted by Gasteiger charge is 2.17. The van der Waals surface area contributed by atoms with Crippen LogP contribution in [0.25, 0.3) is 0 Å². The predicted octanol–water partition coefficient (Wildman–Crippen LogP) is 1.08. The van der Waals surface area contributed by atoms with Gasteiger partial charge >= 0.3 is 12.0 Å². The number of H-pyrrole nitrogens is 1. The molecule has 118 valence electrons. The van der Waals surface area contributed by atoms with Gasteiger partial charge < -0.3 is 15.3 Å². The van der Waals surface area contributed by atoms with Gasteiger partial charge in [-0.25, -0.2) is 9.78 Å². The van der Waals surface area contributed by atoms with Crippen molar-refractivity contribution in [2.24, 2.45) is 11.8 Å². The third kappa shape index (κ3) is 6.73. The van der Waals surface area contributed by atoms with Crippen molar-refractivity contribution in [3.8, 4) is 0 Å². The van der Waals surface area contributed by atoms with Gasteiger partial charge in [0.25, 0.3) is 0 Å². The van der Waals surface area contributed by atoms with Gasteiger partial charge in [0.15, 0.2) is 0 Å². The van der Waals surface area contributed by atoms with Crippen LogP contribution in [0.2, 0.25) is 0 Å². The van der Waals surface area contributed by atoms with Gasteiger partial charge in [0.1, 0.15) is 12.2 Å². The zero-order valence-corrected chi connectivity index (χ0v) is 12.7. The molecule has 0 aliphatic heterocycles. The van der Waals surface area contributed by atoms with Crippen LogP contribution < -0.4 is 5.32 Å². The first kappa shape index (κ1) is 16.9. The average Bonchev–Trinajstić information content (AvgIpc) is 2.86. The molecule has 8 heteroatoms. The zero-order valence-electron chi connectivity index (χ0n) is 12.7. The highest BCUT2D eigenvalue weighted by Crippen LogP contribution is 2.14. The number of carboxylic acids is 1. The Morgan fingerprint density at radius 1 is 1.48 bits per heavy atom. The minimum atomic E-state index is -0.843. The molecule has 0 bridgehead atoms. The minimum Gasteiger partial charge on any atom is -0.481 e. The lowest BCUT2D eigenvalue weighted by Crippen LogP contribution is -2.40. The first-order chi connectivity index (χ1) is 9.88. The van der Waals surface area contributed by atoms with E-state index in [1.165, 1.54) is 11.2 Å². The molecule has 8 nitrogen and oxygen atoms in total. The summed E-state index contributed by atoms with van der Waals surface area (Å²) in [7, 11) is 1.65. The predicted molar refractivity (Wildman–Crippen MR) is 76.4 cm³/mol. The highest BCUT2D eigenvalue weighted by molar-refractivity contribution is 5.74. The van der Waals surface area contributed by atoms with Crippen molar-refractivity contribution in [1.29, 1.82) is 0 Å². The Balaban J connectivity index is 2.42. The molecular weight excluding hydrogens is 274 g/mol. The van der Waals surface area contributed by atoms with Crippen molar-refractivity contribution in [3.05, 3.63) is 12.2 Å². The number of hydrogen-bond acceptors (Lipinski definition) is 4. The number of amides is 2. The molecule has 2 amide bonds. The van der Waals surface area contributed by atoms with E-state index in [2.05, 4.69) is 20.5 Å². The van der Waals surface area contributed by atoms with Crippen molar-refractivity contribution in [3.63, 3.8) is 0 Å². The van der Waals surface area contributed by atoms with E-state index >= 15 is 0 Å². The second-order valence-electron chi connectivity index (χ2n) is 5.57. The molecule has 1 rings (SSSR count). The minimum absolute atomic E-state index is 0.0598. The molecule has 0 radical (unpaired) electrons. The summed E-state index contributed by atoms with van der Waals surface area (Å²) >= 11 is 0. The first-order valence-corrected chi connectivity index (χ1v) is 6.93. The lowest BCUT2D eigenvalue weighted by atomic mass is 9.94. The molecule has 0 aliphatic carbocycles. The molecule has 0 fully saturated rings. The van der Waals surface area contributed by atoms with Gasteiger partial charge in [-0.2, -0.15) is 5.10 Å². The van der Waals surface area contributed by atoms with E-state index in [1.54, 1.807) is 7.05 Å². The van der Waals surface area contributed by atoms with Crippen LogP contribution in [0.5, 0.6) is 0 Å². The SMILES string of the molecule is CC(C)CC(CNC(=O)N(C)Cc1ncn[nH]1)CC(=O)O. The van der Waals surface area contributed by atoms with Gasteiger partial charge in [0.2, 0.25) is 0 Å². The van der Waals surface area contributed by atoms with Gasteiger partial charge in [0.05, 0.1) is 6.54 Å². The maximum atomic E-state index is 12.0. The van der Waals surface area contributed by atoms with Crippen LogP contribution in [0.4, 0.5) is 4.79 Å². The van der Waals surface area contributed by atoms with E-state index in [4.69, 9.17) is 5.11 Å². The fourth-order valence-corrected chi connectivity index (χ4v) is 2.12. The second kappa shape index (κ2) is 8.23. The van der Waals surface area contributed by atoms with Crippen LogP contribution in [0, 0.1) is 11.8 Å². The van der Waals surface area contributed by atoms with Crippen LogP contribution in [0.3, 0.4) is 0 Å². The molecule has 0 saturated heterocycles. The van der Waals surface area contributed by atoms with Crippen LogP contribution in [-0.4, -0.2) is 50.8 Å². The number of nitrogens with one attached hydrogen (secondary N) is 2. The molecule has 1 aromatic heterocycles. The monoisotopic (exact) mass is 297 g/mol. The van der Waals surface area contributed by atoms with Crippen molar-refractivity contribution >= 4 is 12.0 Å². The fraction of sp³-hybridized carbons (Fsp3) is 0.692. The van der Waals surface area contributed by atoms with Crippen molar-refractivity contribution in [2.45, 2.75) is 33.2 Å². The van der Waals surface area contributed by atoms with E-state index in [1.807, 2.05) is 13.8 Å². The van der Waals surface area contributed by atoms with Crippen LogP contribution in [0.1, 0.15) is 32.5 Å². The maximum Gasteiger partial charge on any atom is 0.317 e. The normalized spacial score (nSPS) is 12.2. The lowest BCUT2D eigenvalue weighted by molar-refractivity contribution is -0.138. The molecule has 3 N–H and O–H groups in total. The second-order valence-corrected chi connectivity index (χ2v) is 5.57. The van der Waals surface area contributed by atoms with Gasteiger partial charge in [-0.3, -0.25) is 9.89 Å². The number of carboxylic acid groups (broad SMARTS) is 1. The topological polar surface area (TPSA) is 111 Å². The largest absolute Gasteiger partial charge is 0.481 e. The molecule has 1 heterocycles. The molecule has 1 unspecified atom stereocenters. The summed E-state index contributed by atoms with van der Waals surface area (Å²) in [6, 6.07) is -0.259. The lowest BCUT2D eigenvalue weighted by Gasteiger charge is -2.21. The number of carbonyl (C=O) groups excluding carboxylic acids is 1. The summed E-state index contributed by atoms with van der Waals surface area (Å²) in [5, 5.41) is 18.1. The fourth-order valence-electron chi connectivity index (χ4n) is 2.12. The third-order valence-electron chi connectivity index (χ3n) is 3.01. The average molecular weight is 297 g/mol. The number of nitrogens with zero attached hydrogens (tertiary/aromatic N) is 3. The Labute approximate surface area is 123 Å². The summed E-state index contributed by atoms with van der Waals surface area (Å²) in [4.78, 5) is 28.2. The zero-order chi connectivity index (χ0) is 15.8. The Morgan fingerprint density at radius 2 is 2.19 bits per heavy atom. The Morgan fingerprint density at radius 3 is 2.71 bits per heavy atom. The quantitative estimate of drug-likeness (QED) is 0.665. The number of aliphatic carboxylic acids is 1. The number of hydrogen-bond donors (Lipinski definition) is 3. The van der Waals surface area contributed by atoms with Crippen LogP contribution in [0.15, 0.2) is 6.33 Å². The smallest absolute Gasteiger partial charge is 0.317 e. The molecule has 21 heavy (non-hydrogen) atoms. The molecule has 0 aliphatic rings. The Kier molecular flexibility index (Phi) is 6.64. The van der Waals surface area contributed by atoms with Crippen molar-refractivity contribution in [1.82, 2.24) is 25.4 Å². The number of urea groups is 1. The molecule has 0 saturated carbocycles.